The maximum absolute atomic E-state index is 13.2. The monoisotopic (exact) mass is 373 g/mol. The number of hydrogen-bond donors (Lipinski definition) is 0. The number of amides is 1. The Kier molecular flexibility index (Phi) is 5.06. The fraction of sp³-hybridized carbons (Fsp3) is 0.261. The molecule has 3 aromatic rings. The van der Waals surface area contributed by atoms with E-state index in [2.05, 4.69) is 36.3 Å². The second-order valence-corrected chi connectivity index (χ2v) is 7.27. The molecule has 1 fully saturated rings. The van der Waals surface area contributed by atoms with E-state index in [4.69, 9.17) is 0 Å². The van der Waals surface area contributed by atoms with Crippen LogP contribution in [0.4, 0.5) is 0 Å². The minimum Gasteiger partial charge on any atom is -0.330 e. The molecule has 0 spiro atoms. The fourth-order valence-electron chi connectivity index (χ4n) is 3.72. The zero-order valence-electron chi connectivity index (χ0n) is 15.9. The Labute approximate surface area is 164 Å². The molecule has 0 aliphatic carbocycles. The summed E-state index contributed by atoms with van der Waals surface area (Å²) in [6.07, 6.45) is 1.91. The average Bonchev–Trinajstić information content (AvgIpc) is 3.20. The van der Waals surface area contributed by atoms with Crippen molar-refractivity contribution in [3.05, 3.63) is 99.5 Å². The zero-order valence-corrected chi connectivity index (χ0v) is 15.9. The number of hydrogen-bond acceptors (Lipinski definition) is 3. The van der Waals surface area contributed by atoms with Crippen molar-refractivity contribution >= 4 is 5.91 Å². The summed E-state index contributed by atoms with van der Waals surface area (Å²) in [6, 6.07) is 21.0. The van der Waals surface area contributed by atoms with Crippen LogP contribution in [0.5, 0.6) is 0 Å². The van der Waals surface area contributed by atoms with Crippen LogP contribution in [0.15, 0.2) is 71.5 Å². The molecule has 0 N–H and O–H groups in total. The van der Waals surface area contributed by atoms with Gasteiger partial charge < -0.3 is 4.90 Å². The molecule has 2 heterocycles. The minimum atomic E-state index is -0.211. The lowest BCUT2D eigenvalue weighted by Gasteiger charge is -2.25. The third kappa shape index (κ3) is 3.74. The summed E-state index contributed by atoms with van der Waals surface area (Å²) in [4.78, 5) is 27.3. The first kappa shape index (κ1) is 18.2. The summed E-state index contributed by atoms with van der Waals surface area (Å²) in [5, 5.41) is 4.37. The Morgan fingerprint density at radius 2 is 1.79 bits per heavy atom. The first-order valence-corrected chi connectivity index (χ1v) is 9.61. The van der Waals surface area contributed by atoms with Gasteiger partial charge in [0.25, 0.3) is 11.5 Å². The molecule has 2 aromatic carbocycles. The maximum Gasteiger partial charge on any atom is 0.274 e. The molecule has 0 radical (unpaired) electrons. The molecule has 4 rings (SSSR count). The number of aromatic nitrogens is 2. The van der Waals surface area contributed by atoms with Gasteiger partial charge in [-0.2, -0.15) is 5.10 Å². The number of nitrogens with zero attached hydrogens (tertiary/aromatic N) is 3. The summed E-state index contributed by atoms with van der Waals surface area (Å²) >= 11 is 0. The van der Waals surface area contributed by atoms with Gasteiger partial charge in [0.1, 0.15) is 5.69 Å². The first-order valence-electron chi connectivity index (χ1n) is 9.61. The topological polar surface area (TPSA) is 55.2 Å². The van der Waals surface area contributed by atoms with Crippen LogP contribution in [0.25, 0.3) is 0 Å². The standard InChI is InChI=1S/C23H23N3O2/c1-17-9-11-19(12-10-17)21-8-5-15-25(21)23(28)20-13-14-22(27)26(24-20)16-18-6-3-2-4-7-18/h2-4,6-7,9-14,21H,5,8,15-16H2,1H3. The molecular formula is C23H23N3O2. The lowest BCUT2D eigenvalue weighted by atomic mass is 10.0. The van der Waals surface area contributed by atoms with Crippen LogP contribution >= 0.6 is 0 Å². The summed E-state index contributed by atoms with van der Waals surface area (Å²) in [5.74, 6) is -0.120. The van der Waals surface area contributed by atoms with E-state index in [-0.39, 0.29) is 17.5 Å². The number of rotatable bonds is 4. The molecule has 1 amide bonds. The summed E-state index contributed by atoms with van der Waals surface area (Å²) in [5.41, 5.74) is 3.43. The normalized spacial score (nSPS) is 16.3. The highest BCUT2D eigenvalue weighted by Crippen LogP contribution is 2.32. The van der Waals surface area contributed by atoms with E-state index in [0.717, 1.165) is 24.0 Å². The van der Waals surface area contributed by atoms with Gasteiger partial charge in [-0.1, -0.05) is 60.2 Å². The minimum absolute atomic E-state index is 0.0596. The molecule has 1 aliphatic rings. The largest absolute Gasteiger partial charge is 0.330 e. The molecule has 5 heteroatoms. The molecule has 1 aliphatic heterocycles. The number of carbonyl (C=O) groups is 1. The van der Waals surface area contributed by atoms with Crippen molar-refractivity contribution in [3.63, 3.8) is 0 Å². The van der Waals surface area contributed by atoms with E-state index in [1.807, 2.05) is 35.2 Å². The fourth-order valence-corrected chi connectivity index (χ4v) is 3.72. The van der Waals surface area contributed by atoms with E-state index in [0.29, 0.717) is 18.8 Å². The third-order valence-corrected chi connectivity index (χ3v) is 5.24. The quantitative estimate of drug-likeness (QED) is 0.702. The van der Waals surface area contributed by atoms with E-state index < -0.39 is 0 Å². The number of aryl methyl sites for hydroxylation is 1. The van der Waals surface area contributed by atoms with Crippen LogP contribution in [0.3, 0.4) is 0 Å². The Morgan fingerprint density at radius 3 is 2.54 bits per heavy atom. The predicted molar refractivity (Wildman–Crippen MR) is 108 cm³/mol. The summed E-state index contributed by atoms with van der Waals surface area (Å²) in [6.45, 7) is 3.11. The Balaban J connectivity index is 1.59. The van der Waals surface area contributed by atoms with Crippen LogP contribution in [0.1, 0.15) is 46.1 Å². The SMILES string of the molecule is Cc1ccc(C2CCCN2C(=O)c2ccc(=O)n(Cc3ccccc3)n2)cc1. The molecule has 1 atom stereocenters. The smallest absolute Gasteiger partial charge is 0.274 e. The van der Waals surface area contributed by atoms with Gasteiger partial charge in [-0.15, -0.1) is 0 Å². The van der Waals surface area contributed by atoms with Crippen LogP contribution < -0.4 is 5.56 Å². The van der Waals surface area contributed by atoms with Gasteiger partial charge >= 0.3 is 0 Å². The van der Waals surface area contributed by atoms with Gasteiger partial charge in [0.05, 0.1) is 12.6 Å². The Morgan fingerprint density at radius 1 is 1.04 bits per heavy atom. The van der Waals surface area contributed by atoms with Crippen LogP contribution in [-0.4, -0.2) is 27.1 Å². The van der Waals surface area contributed by atoms with E-state index in [9.17, 15) is 9.59 Å². The summed E-state index contributed by atoms with van der Waals surface area (Å²) < 4.78 is 1.36. The molecule has 28 heavy (non-hydrogen) atoms. The Bertz CT molecular complexity index is 1030. The second kappa shape index (κ2) is 7.80. The van der Waals surface area contributed by atoms with Crippen molar-refractivity contribution in [1.82, 2.24) is 14.7 Å². The Hall–Kier alpha value is -3.21. The number of benzene rings is 2. The van der Waals surface area contributed by atoms with Crippen molar-refractivity contribution in [2.45, 2.75) is 32.4 Å². The lowest BCUT2D eigenvalue weighted by molar-refractivity contribution is 0.0727. The van der Waals surface area contributed by atoms with Crippen molar-refractivity contribution in [1.29, 1.82) is 0 Å². The highest BCUT2D eigenvalue weighted by Gasteiger charge is 2.31. The molecule has 142 valence electrons. The molecular weight excluding hydrogens is 350 g/mol. The van der Waals surface area contributed by atoms with Gasteiger partial charge in [0.15, 0.2) is 0 Å². The third-order valence-electron chi connectivity index (χ3n) is 5.24. The molecule has 1 saturated heterocycles. The zero-order chi connectivity index (χ0) is 19.5. The van der Waals surface area contributed by atoms with Gasteiger partial charge in [-0.3, -0.25) is 9.59 Å². The van der Waals surface area contributed by atoms with Crippen molar-refractivity contribution in [2.24, 2.45) is 0 Å². The molecule has 0 saturated carbocycles. The summed E-state index contributed by atoms with van der Waals surface area (Å²) in [7, 11) is 0. The number of likely N-dealkylation sites (tertiary alicyclic amines) is 1. The van der Waals surface area contributed by atoms with Crippen LogP contribution in [0, 0.1) is 6.92 Å². The van der Waals surface area contributed by atoms with Crippen molar-refractivity contribution in [3.8, 4) is 0 Å². The first-order chi connectivity index (χ1) is 13.6. The molecule has 5 nitrogen and oxygen atoms in total. The van der Waals surface area contributed by atoms with Crippen LogP contribution in [0.2, 0.25) is 0 Å². The molecule has 0 bridgehead atoms. The maximum atomic E-state index is 13.2. The number of carbonyl (C=O) groups excluding carboxylic acids is 1. The highest BCUT2D eigenvalue weighted by atomic mass is 16.2. The highest BCUT2D eigenvalue weighted by molar-refractivity contribution is 5.92. The van der Waals surface area contributed by atoms with E-state index in [1.165, 1.54) is 22.4 Å². The molecule has 1 aromatic heterocycles. The van der Waals surface area contributed by atoms with Gasteiger partial charge in [-0.05, 0) is 37.0 Å². The second-order valence-electron chi connectivity index (χ2n) is 7.27. The molecule has 1 unspecified atom stereocenters. The van der Waals surface area contributed by atoms with E-state index in [1.54, 1.807) is 0 Å². The lowest BCUT2D eigenvalue weighted by Crippen LogP contribution is -2.33. The van der Waals surface area contributed by atoms with Crippen molar-refractivity contribution in [2.75, 3.05) is 6.54 Å². The van der Waals surface area contributed by atoms with Gasteiger partial charge in [0, 0.05) is 12.6 Å². The predicted octanol–water partition coefficient (Wildman–Crippen LogP) is 3.58. The average molecular weight is 373 g/mol. The van der Waals surface area contributed by atoms with Gasteiger partial charge in [0.2, 0.25) is 0 Å². The van der Waals surface area contributed by atoms with E-state index >= 15 is 0 Å². The van der Waals surface area contributed by atoms with Crippen molar-refractivity contribution < 1.29 is 4.79 Å². The van der Waals surface area contributed by atoms with Gasteiger partial charge in [-0.25, -0.2) is 4.68 Å². The van der Waals surface area contributed by atoms with Crippen LogP contribution in [-0.2, 0) is 6.54 Å².